The molecule has 0 aromatic heterocycles. The molecule has 2 aromatic rings. The predicted octanol–water partition coefficient (Wildman–Crippen LogP) is 3.88. The van der Waals surface area contributed by atoms with Crippen molar-refractivity contribution < 1.29 is 19.0 Å². The van der Waals surface area contributed by atoms with Crippen LogP contribution in [0.15, 0.2) is 66.9 Å². The van der Waals surface area contributed by atoms with Gasteiger partial charge in [0.2, 0.25) is 0 Å². The molecule has 2 aromatic carbocycles. The zero-order valence-electron chi connectivity index (χ0n) is 14.3. The Hall–Kier alpha value is -3.19. The van der Waals surface area contributed by atoms with E-state index in [4.69, 9.17) is 14.2 Å². The molecule has 0 aliphatic rings. The van der Waals surface area contributed by atoms with Crippen molar-refractivity contribution in [2.75, 3.05) is 13.7 Å². The van der Waals surface area contributed by atoms with Crippen LogP contribution in [0.1, 0.15) is 24.2 Å². The average Bonchev–Trinajstić information content (AvgIpc) is 2.66. The summed E-state index contributed by atoms with van der Waals surface area (Å²) in [5, 5.41) is 0. The number of methoxy groups -OCH3 is 1. The van der Waals surface area contributed by atoms with E-state index in [1.54, 1.807) is 14.0 Å². The summed E-state index contributed by atoms with van der Waals surface area (Å²) in [5.41, 5.74) is 1.75. The van der Waals surface area contributed by atoms with Gasteiger partial charge in [0.05, 0.1) is 26.1 Å². The Bertz CT molecular complexity index is 752. The maximum absolute atomic E-state index is 11.4. The number of ether oxygens (including phenoxy) is 3. The van der Waals surface area contributed by atoms with Crippen LogP contribution < -0.4 is 4.74 Å². The van der Waals surface area contributed by atoms with Gasteiger partial charge in [0.25, 0.3) is 0 Å². The predicted molar refractivity (Wildman–Crippen MR) is 95.9 cm³/mol. The fourth-order valence-electron chi connectivity index (χ4n) is 2.01. The van der Waals surface area contributed by atoms with Crippen LogP contribution in [0.2, 0.25) is 0 Å². The summed E-state index contributed by atoms with van der Waals surface area (Å²) in [7, 11) is 1.62. The first kappa shape index (κ1) is 18.2. The van der Waals surface area contributed by atoms with Crippen molar-refractivity contribution in [3.05, 3.63) is 78.1 Å². The van der Waals surface area contributed by atoms with E-state index in [1.165, 1.54) is 12.3 Å². The van der Waals surface area contributed by atoms with Crippen LogP contribution in [-0.4, -0.2) is 19.7 Å². The van der Waals surface area contributed by atoms with Gasteiger partial charge in [0.15, 0.2) is 6.10 Å². The SMILES string of the molecule is CCOC(=O)/C=C/OC(C#Cc1ccc(OC)cc1)c1ccccc1. The minimum absolute atomic E-state index is 0.322. The summed E-state index contributed by atoms with van der Waals surface area (Å²) in [6.45, 7) is 2.07. The van der Waals surface area contributed by atoms with Gasteiger partial charge in [-0.05, 0) is 37.1 Å². The zero-order valence-corrected chi connectivity index (χ0v) is 14.3. The van der Waals surface area contributed by atoms with E-state index in [1.807, 2.05) is 54.6 Å². The summed E-state index contributed by atoms with van der Waals surface area (Å²) < 4.78 is 15.6. The molecule has 0 heterocycles. The maximum Gasteiger partial charge on any atom is 0.333 e. The molecule has 4 nitrogen and oxygen atoms in total. The van der Waals surface area contributed by atoms with Gasteiger partial charge in [-0.1, -0.05) is 36.3 Å². The molecule has 0 fully saturated rings. The molecule has 0 saturated heterocycles. The van der Waals surface area contributed by atoms with Gasteiger partial charge in [0.1, 0.15) is 5.75 Å². The second-order valence-electron chi connectivity index (χ2n) is 4.98. The highest BCUT2D eigenvalue weighted by Gasteiger charge is 2.07. The number of hydrogen-bond donors (Lipinski definition) is 0. The first-order chi connectivity index (χ1) is 12.2. The minimum atomic E-state index is -0.492. The molecule has 4 heteroatoms. The Morgan fingerprint density at radius 2 is 1.84 bits per heavy atom. The molecule has 2 rings (SSSR count). The van der Waals surface area contributed by atoms with Crippen molar-refractivity contribution in [1.29, 1.82) is 0 Å². The number of carbonyl (C=O) groups is 1. The lowest BCUT2D eigenvalue weighted by atomic mass is 10.1. The van der Waals surface area contributed by atoms with Gasteiger partial charge in [-0.2, -0.15) is 0 Å². The standard InChI is InChI=1S/C21H20O4/c1-3-24-21(22)15-16-25-20(18-7-5-4-6-8-18)14-11-17-9-12-19(23-2)13-10-17/h4-10,12-13,15-16,20H,3H2,1-2H3/b16-15+. The lowest BCUT2D eigenvalue weighted by Crippen LogP contribution is -2.01. The highest BCUT2D eigenvalue weighted by atomic mass is 16.5. The number of hydrogen-bond acceptors (Lipinski definition) is 4. The summed E-state index contributed by atoms with van der Waals surface area (Å²) in [6.07, 6.45) is 2.07. The van der Waals surface area contributed by atoms with Crippen molar-refractivity contribution in [3.63, 3.8) is 0 Å². The van der Waals surface area contributed by atoms with Crippen LogP contribution in [-0.2, 0) is 14.3 Å². The molecule has 1 unspecified atom stereocenters. The van der Waals surface area contributed by atoms with Gasteiger partial charge in [-0.25, -0.2) is 4.79 Å². The van der Waals surface area contributed by atoms with Crippen LogP contribution in [0.4, 0.5) is 0 Å². The molecule has 128 valence electrons. The van der Waals surface area contributed by atoms with E-state index in [2.05, 4.69) is 11.8 Å². The van der Waals surface area contributed by atoms with Crippen molar-refractivity contribution >= 4 is 5.97 Å². The molecule has 0 bridgehead atoms. The van der Waals surface area contributed by atoms with E-state index >= 15 is 0 Å². The molecule has 1 atom stereocenters. The molecule has 0 aliphatic carbocycles. The number of rotatable bonds is 6. The average molecular weight is 336 g/mol. The second-order valence-corrected chi connectivity index (χ2v) is 4.98. The van der Waals surface area contributed by atoms with Crippen LogP contribution in [0.25, 0.3) is 0 Å². The monoisotopic (exact) mass is 336 g/mol. The van der Waals surface area contributed by atoms with Gasteiger partial charge in [-0.3, -0.25) is 0 Å². The van der Waals surface area contributed by atoms with Crippen molar-refractivity contribution in [2.24, 2.45) is 0 Å². The van der Waals surface area contributed by atoms with E-state index < -0.39 is 12.1 Å². The van der Waals surface area contributed by atoms with E-state index in [-0.39, 0.29) is 0 Å². The number of carbonyl (C=O) groups excluding carboxylic acids is 1. The molecule has 0 radical (unpaired) electrons. The van der Waals surface area contributed by atoms with Crippen LogP contribution in [0.3, 0.4) is 0 Å². The Balaban J connectivity index is 2.15. The van der Waals surface area contributed by atoms with Crippen LogP contribution in [0.5, 0.6) is 5.75 Å². The minimum Gasteiger partial charge on any atom is -0.497 e. The van der Waals surface area contributed by atoms with E-state index in [0.29, 0.717) is 6.61 Å². The third-order valence-corrected chi connectivity index (χ3v) is 3.25. The van der Waals surface area contributed by atoms with Crippen LogP contribution >= 0.6 is 0 Å². The topological polar surface area (TPSA) is 44.8 Å². The second kappa shape index (κ2) is 9.84. The molecule has 0 aliphatic heterocycles. The summed E-state index contributed by atoms with van der Waals surface area (Å²) in [5.74, 6) is 6.49. The number of esters is 1. The first-order valence-electron chi connectivity index (χ1n) is 7.92. The number of benzene rings is 2. The smallest absolute Gasteiger partial charge is 0.333 e. The van der Waals surface area contributed by atoms with Gasteiger partial charge in [-0.15, -0.1) is 0 Å². The van der Waals surface area contributed by atoms with Gasteiger partial charge < -0.3 is 14.2 Å². The van der Waals surface area contributed by atoms with Gasteiger partial charge >= 0.3 is 5.97 Å². The fourth-order valence-corrected chi connectivity index (χ4v) is 2.01. The lowest BCUT2D eigenvalue weighted by molar-refractivity contribution is -0.137. The normalized spacial score (nSPS) is 11.3. The van der Waals surface area contributed by atoms with Crippen molar-refractivity contribution in [2.45, 2.75) is 13.0 Å². The molecule has 0 spiro atoms. The highest BCUT2D eigenvalue weighted by Crippen LogP contribution is 2.17. The molecule has 0 amide bonds. The summed E-state index contributed by atoms with van der Waals surface area (Å²) >= 11 is 0. The largest absolute Gasteiger partial charge is 0.497 e. The van der Waals surface area contributed by atoms with E-state index in [0.717, 1.165) is 16.9 Å². The molecule has 0 saturated carbocycles. The molecular formula is C21H20O4. The summed E-state index contributed by atoms with van der Waals surface area (Å²) in [4.78, 5) is 11.4. The Labute approximate surface area is 148 Å². The van der Waals surface area contributed by atoms with Gasteiger partial charge in [0, 0.05) is 11.1 Å². The Morgan fingerprint density at radius 3 is 2.48 bits per heavy atom. The first-order valence-corrected chi connectivity index (χ1v) is 7.92. The maximum atomic E-state index is 11.4. The zero-order chi connectivity index (χ0) is 17.9. The quantitative estimate of drug-likeness (QED) is 0.347. The third kappa shape index (κ3) is 6.08. The van der Waals surface area contributed by atoms with Crippen molar-refractivity contribution in [1.82, 2.24) is 0 Å². The molecule has 25 heavy (non-hydrogen) atoms. The summed E-state index contributed by atoms with van der Waals surface area (Å²) in [6, 6.07) is 17.0. The Kier molecular flexibility index (Phi) is 7.14. The lowest BCUT2D eigenvalue weighted by Gasteiger charge is -2.10. The molecular weight excluding hydrogens is 316 g/mol. The van der Waals surface area contributed by atoms with Crippen LogP contribution in [0, 0.1) is 11.8 Å². The highest BCUT2D eigenvalue weighted by molar-refractivity contribution is 5.81. The van der Waals surface area contributed by atoms with E-state index in [9.17, 15) is 4.79 Å². The molecule has 0 N–H and O–H groups in total. The fraction of sp³-hybridized carbons (Fsp3) is 0.190. The third-order valence-electron chi connectivity index (χ3n) is 3.25. The van der Waals surface area contributed by atoms with Crippen molar-refractivity contribution in [3.8, 4) is 17.6 Å². The Morgan fingerprint density at radius 1 is 1.12 bits per heavy atom.